The van der Waals surface area contributed by atoms with E-state index in [9.17, 15) is 4.79 Å². The number of nitrogens with zero attached hydrogens (tertiary/aromatic N) is 6. The first-order valence-corrected chi connectivity index (χ1v) is 8.56. The number of hydrogen-bond acceptors (Lipinski definition) is 6. The van der Waals surface area contributed by atoms with Crippen molar-refractivity contribution in [1.29, 1.82) is 0 Å². The Bertz CT molecular complexity index is 786. The first kappa shape index (κ1) is 17.5. The number of anilines is 1. The van der Waals surface area contributed by atoms with Gasteiger partial charge in [-0.3, -0.25) is 14.3 Å². The molecule has 0 atom stereocenters. The molecule has 0 N–H and O–H groups in total. The number of likely N-dealkylation sites (N-methyl/N-ethyl adjacent to an activating group) is 1. The van der Waals surface area contributed by atoms with E-state index in [1.807, 2.05) is 6.07 Å². The van der Waals surface area contributed by atoms with Crippen molar-refractivity contribution in [3.8, 4) is 0 Å². The van der Waals surface area contributed by atoms with Crippen LogP contribution in [-0.2, 0) is 19.0 Å². The number of aromatic nitrogens is 4. The first-order chi connectivity index (χ1) is 11.8. The fourth-order valence-corrected chi connectivity index (χ4v) is 2.83. The Morgan fingerprint density at radius 1 is 1.20 bits per heavy atom. The lowest BCUT2D eigenvalue weighted by atomic mass is 9.92. The molecule has 0 saturated carbocycles. The van der Waals surface area contributed by atoms with Gasteiger partial charge in [-0.1, -0.05) is 20.8 Å². The van der Waals surface area contributed by atoms with Gasteiger partial charge in [-0.25, -0.2) is 4.98 Å². The van der Waals surface area contributed by atoms with Crippen molar-refractivity contribution in [2.24, 2.45) is 7.05 Å². The maximum Gasteiger partial charge on any atom is 0.253 e. The minimum Gasteiger partial charge on any atom is -0.352 e. The highest BCUT2D eigenvalue weighted by Crippen LogP contribution is 2.24. The van der Waals surface area contributed by atoms with E-state index in [-0.39, 0.29) is 11.0 Å². The zero-order valence-electron chi connectivity index (χ0n) is 15.6. The SMILES string of the molecule is CN(Cc1nccc(=O)n1C)C1CN(c2ccc(C(C)(C)C)nn2)C1. The zero-order chi connectivity index (χ0) is 18.2. The predicted octanol–water partition coefficient (Wildman–Crippen LogP) is 1.19. The molecule has 0 aliphatic carbocycles. The van der Waals surface area contributed by atoms with E-state index in [2.05, 4.69) is 58.9 Å². The highest BCUT2D eigenvalue weighted by Gasteiger charge is 2.31. The van der Waals surface area contributed by atoms with Crippen LogP contribution in [0.3, 0.4) is 0 Å². The van der Waals surface area contributed by atoms with Crippen molar-refractivity contribution in [3.63, 3.8) is 0 Å². The predicted molar refractivity (Wildman–Crippen MR) is 97.7 cm³/mol. The van der Waals surface area contributed by atoms with E-state index in [0.717, 1.165) is 30.4 Å². The monoisotopic (exact) mass is 342 g/mol. The van der Waals surface area contributed by atoms with Crippen LogP contribution < -0.4 is 10.5 Å². The van der Waals surface area contributed by atoms with E-state index < -0.39 is 0 Å². The van der Waals surface area contributed by atoms with Crippen LogP contribution in [0.4, 0.5) is 5.82 Å². The van der Waals surface area contributed by atoms with Gasteiger partial charge in [0, 0.05) is 43.9 Å². The van der Waals surface area contributed by atoms with Crippen LogP contribution in [0.5, 0.6) is 0 Å². The molecule has 0 unspecified atom stereocenters. The maximum atomic E-state index is 11.7. The summed E-state index contributed by atoms with van der Waals surface area (Å²) in [5, 5.41) is 8.73. The van der Waals surface area contributed by atoms with Gasteiger partial charge in [0.15, 0.2) is 5.82 Å². The molecule has 0 spiro atoms. The average Bonchev–Trinajstić information content (AvgIpc) is 2.50. The molecule has 1 saturated heterocycles. The summed E-state index contributed by atoms with van der Waals surface area (Å²) in [4.78, 5) is 20.5. The van der Waals surface area contributed by atoms with E-state index in [0.29, 0.717) is 12.6 Å². The summed E-state index contributed by atoms with van der Waals surface area (Å²) in [6, 6.07) is 6.00. The van der Waals surface area contributed by atoms with Gasteiger partial charge < -0.3 is 4.90 Å². The van der Waals surface area contributed by atoms with Crippen LogP contribution in [0.1, 0.15) is 32.3 Å². The molecule has 3 heterocycles. The third kappa shape index (κ3) is 3.71. The molecule has 7 nitrogen and oxygen atoms in total. The molecule has 1 aliphatic heterocycles. The Morgan fingerprint density at radius 3 is 2.52 bits per heavy atom. The normalized spacial score (nSPS) is 15.5. The van der Waals surface area contributed by atoms with Gasteiger partial charge in [-0.05, 0) is 19.2 Å². The molecule has 7 heteroatoms. The lowest BCUT2D eigenvalue weighted by molar-refractivity contribution is 0.190. The highest BCUT2D eigenvalue weighted by molar-refractivity contribution is 5.42. The topological polar surface area (TPSA) is 67.2 Å². The molecule has 0 amide bonds. The largest absolute Gasteiger partial charge is 0.352 e. The van der Waals surface area contributed by atoms with Crippen LogP contribution in [-0.4, -0.2) is 50.8 Å². The van der Waals surface area contributed by atoms with Gasteiger partial charge in [0.2, 0.25) is 0 Å². The summed E-state index contributed by atoms with van der Waals surface area (Å²) in [6.07, 6.45) is 1.57. The van der Waals surface area contributed by atoms with Crippen LogP contribution in [0.2, 0.25) is 0 Å². The van der Waals surface area contributed by atoms with Crippen molar-refractivity contribution >= 4 is 5.82 Å². The third-order valence-electron chi connectivity index (χ3n) is 4.78. The van der Waals surface area contributed by atoms with E-state index in [1.54, 1.807) is 17.8 Å². The average molecular weight is 342 g/mol. The van der Waals surface area contributed by atoms with Crippen LogP contribution in [0, 0.1) is 0 Å². The molecule has 0 aromatic carbocycles. The maximum absolute atomic E-state index is 11.7. The van der Waals surface area contributed by atoms with Gasteiger partial charge in [0.05, 0.1) is 12.2 Å². The van der Waals surface area contributed by atoms with Gasteiger partial charge in [0.25, 0.3) is 5.56 Å². The quantitative estimate of drug-likeness (QED) is 0.831. The summed E-state index contributed by atoms with van der Waals surface area (Å²) in [5.41, 5.74) is 0.992. The van der Waals surface area contributed by atoms with Crippen LogP contribution in [0.15, 0.2) is 29.2 Å². The molecular formula is C18H26N6O. The lowest BCUT2D eigenvalue weighted by Gasteiger charge is -2.44. The van der Waals surface area contributed by atoms with E-state index in [4.69, 9.17) is 0 Å². The Hall–Kier alpha value is -2.28. The molecule has 0 radical (unpaired) electrons. The molecule has 2 aromatic rings. The van der Waals surface area contributed by atoms with E-state index in [1.165, 1.54) is 6.07 Å². The second kappa shape index (κ2) is 6.55. The first-order valence-electron chi connectivity index (χ1n) is 8.56. The van der Waals surface area contributed by atoms with Crippen LogP contribution >= 0.6 is 0 Å². The number of rotatable bonds is 4. The lowest BCUT2D eigenvalue weighted by Crippen LogP contribution is -2.58. The molecule has 134 valence electrons. The second-order valence-electron chi connectivity index (χ2n) is 7.76. The van der Waals surface area contributed by atoms with Gasteiger partial charge in [-0.15, -0.1) is 5.10 Å². The summed E-state index contributed by atoms with van der Waals surface area (Å²) in [5.74, 6) is 1.70. The Morgan fingerprint density at radius 2 is 1.92 bits per heavy atom. The number of hydrogen-bond donors (Lipinski definition) is 0. The third-order valence-corrected chi connectivity index (χ3v) is 4.78. The molecule has 25 heavy (non-hydrogen) atoms. The van der Waals surface area contributed by atoms with Crippen molar-refractivity contribution in [2.75, 3.05) is 25.0 Å². The van der Waals surface area contributed by atoms with Crippen molar-refractivity contribution in [2.45, 2.75) is 38.8 Å². The van der Waals surface area contributed by atoms with Gasteiger partial charge >= 0.3 is 0 Å². The van der Waals surface area contributed by atoms with Gasteiger partial charge in [0.1, 0.15) is 5.82 Å². The Labute approximate surface area is 148 Å². The fourth-order valence-electron chi connectivity index (χ4n) is 2.83. The summed E-state index contributed by atoms with van der Waals surface area (Å²) in [7, 11) is 3.83. The smallest absolute Gasteiger partial charge is 0.253 e. The molecule has 3 rings (SSSR count). The summed E-state index contributed by atoms with van der Waals surface area (Å²) >= 11 is 0. The molecule has 1 fully saturated rings. The van der Waals surface area contributed by atoms with Crippen molar-refractivity contribution < 1.29 is 0 Å². The molecule has 0 bridgehead atoms. The standard InChI is InChI=1S/C18H26N6O/c1-18(2,3)14-6-7-15(21-20-14)24-10-13(11-24)22(4)12-16-19-9-8-17(25)23(16)5/h6-9,13H,10-12H2,1-5H3. The summed E-state index contributed by atoms with van der Waals surface area (Å²) < 4.78 is 1.60. The van der Waals surface area contributed by atoms with Crippen molar-refractivity contribution in [1.82, 2.24) is 24.6 Å². The minimum atomic E-state index is -0.0251. The van der Waals surface area contributed by atoms with Gasteiger partial charge in [-0.2, -0.15) is 5.10 Å². The molecular weight excluding hydrogens is 316 g/mol. The fraction of sp³-hybridized carbons (Fsp3) is 0.556. The Kier molecular flexibility index (Phi) is 4.60. The van der Waals surface area contributed by atoms with Crippen LogP contribution in [0.25, 0.3) is 0 Å². The Balaban J connectivity index is 1.58. The zero-order valence-corrected chi connectivity index (χ0v) is 15.6. The second-order valence-corrected chi connectivity index (χ2v) is 7.76. The minimum absolute atomic E-state index is 0.0157. The van der Waals surface area contributed by atoms with Crippen molar-refractivity contribution in [3.05, 3.63) is 46.3 Å². The molecule has 1 aliphatic rings. The molecule has 2 aromatic heterocycles. The van der Waals surface area contributed by atoms with E-state index >= 15 is 0 Å². The highest BCUT2D eigenvalue weighted by atomic mass is 16.1. The summed E-state index contributed by atoms with van der Waals surface area (Å²) in [6.45, 7) is 8.87.